The van der Waals surface area contributed by atoms with Crippen LogP contribution in [0.1, 0.15) is 53.6 Å². The number of carbonyl (C=O) groups is 2. The Kier molecular flexibility index (Phi) is 7.47. The van der Waals surface area contributed by atoms with E-state index in [0.717, 1.165) is 12.3 Å². The summed E-state index contributed by atoms with van der Waals surface area (Å²) in [5, 5.41) is 2.66. The van der Waals surface area contributed by atoms with Gasteiger partial charge in [0.15, 0.2) is 12.4 Å². The largest absolute Gasteiger partial charge is 0.466 e. The molecule has 2 heterocycles. The zero-order chi connectivity index (χ0) is 22.5. The standard InChI is InChI=1S/C20H21F4N3O3/c1-4-16(28)8-15-6-13(5-11(2)26-15)18(29)27-12(3)14-7-17(21)19(25-9-14)30-10-20(22,23)24/h5-7,9,12H,4,8,10H2,1-3H3,(H,27,29). The van der Waals surface area contributed by atoms with Crippen molar-refractivity contribution in [1.82, 2.24) is 15.3 Å². The molecule has 0 aliphatic heterocycles. The molecule has 0 saturated carbocycles. The molecule has 0 bridgehead atoms. The van der Waals surface area contributed by atoms with Crippen molar-refractivity contribution in [3.8, 4) is 5.88 Å². The molecule has 0 aliphatic carbocycles. The maximum atomic E-state index is 14.0. The molecule has 1 N–H and O–H groups in total. The highest BCUT2D eigenvalue weighted by Gasteiger charge is 2.29. The van der Waals surface area contributed by atoms with Gasteiger partial charge in [-0.3, -0.25) is 14.6 Å². The Balaban J connectivity index is 2.10. The number of Topliss-reactive ketones (excluding diaryl/α,β-unsaturated/α-hetero) is 1. The molecule has 2 aromatic rings. The van der Waals surface area contributed by atoms with Gasteiger partial charge in [0.2, 0.25) is 0 Å². The predicted molar refractivity (Wildman–Crippen MR) is 99.6 cm³/mol. The number of carbonyl (C=O) groups excluding carboxylic acids is 2. The number of hydrogen-bond donors (Lipinski definition) is 1. The third-order valence-electron chi connectivity index (χ3n) is 4.09. The van der Waals surface area contributed by atoms with E-state index >= 15 is 0 Å². The second-order valence-corrected chi connectivity index (χ2v) is 6.71. The van der Waals surface area contributed by atoms with Gasteiger partial charge in [0.1, 0.15) is 5.78 Å². The molecule has 6 nitrogen and oxygen atoms in total. The number of ketones is 1. The van der Waals surface area contributed by atoms with Crippen molar-refractivity contribution in [2.75, 3.05) is 6.61 Å². The lowest BCUT2D eigenvalue weighted by Crippen LogP contribution is -2.27. The quantitative estimate of drug-likeness (QED) is 0.647. The number of halogens is 4. The van der Waals surface area contributed by atoms with Crippen LogP contribution in [0, 0.1) is 12.7 Å². The van der Waals surface area contributed by atoms with Crippen molar-refractivity contribution in [3.05, 3.63) is 52.7 Å². The van der Waals surface area contributed by atoms with E-state index in [4.69, 9.17) is 0 Å². The highest BCUT2D eigenvalue weighted by molar-refractivity contribution is 5.95. The van der Waals surface area contributed by atoms with E-state index in [1.807, 2.05) is 0 Å². The number of aryl methyl sites for hydroxylation is 1. The topological polar surface area (TPSA) is 81.2 Å². The number of ether oxygens (including phenoxy) is 1. The van der Waals surface area contributed by atoms with Gasteiger partial charge in [0, 0.05) is 36.0 Å². The fourth-order valence-corrected chi connectivity index (χ4v) is 2.58. The summed E-state index contributed by atoms with van der Waals surface area (Å²) in [5.74, 6) is -2.33. The lowest BCUT2D eigenvalue weighted by Gasteiger charge is -2.16. The molecule has 0 aromatic carbocycles. The third kappa shape index (κ3) is 6.78. The van der Waals surface area contributed by atoms with E-state index in [9.17, 15) is 27.2 Å². The van der Waals surface area contributed by atoms with Crippen LogP contribution < -0.4 is 10.1 Å². The molecule has 0 saturated heterocycles. The van der Waals surface area contributed by atoms with E-state index in [0.29, 0.717) is 17.8 Å². The molecule has 2 aromatic heterocycles. The van der Waals surface area contributed by atoms with E-state index < -0.39 is 36.4 Å². The Morgan fingerprint density at radius 1 is 1.23 bits per heavy atom. The third-order valence-corrected chi connectivity index (χ3v) is 4.09. The van der Waals surface area contributed by atoms with Gasteiger partial charge in [-0.05, 0) is 37.6 Å². The fourth-order valence-electron chi connectivity index (χ4n) is 2.58. The van der Waals surface area contributed by atoms with Crippen LogP contribution in [-0.2, 0) is 11.2 Å². The monoisotopic (exact) mass is 427 g/mol. The van der Waals surface area contributed by atoms with Crippen molar-refractivity contribution in [2.24, 2.45) is 0 Å². The fraction of sp³-hybridized carbons (Fsp3) is 0.400. The maximum absolute atomic E-state index is 14.0. The average Bonchev–Trinajstić information content (AvgIpc) is 2.65. The minimum Gasteiger partial charge on any atom is -0.466 e. The summed E-state index contributed by atoms with van der Waals surface area (Å²) >= 11 is 0. The molecular weight excluding hydrogens is 406 g/mol. The number of nitrogens with zero attached hydrogens (tertiary/aromatic N) is 2. The molecule has 1 unspecified atom stereocenters. The lowest BCUT2D eigenvalue weighted by molar-refractivity contribution is -0.154. The van der Waals surface area contributed by atoms with Gasteiger partial charge in [-0.25, -0.2) is 9.37 Å². The summed E-state index contributed by atoms with van der Waals surface area (Å²) in [6.45, 7) is 3.34. The molecule has 2 rings (SSSR count). The van der Waals surface area contributed by atoms with E-state index in [2.05, 4.69) is 20.0 Å². The van der Waals surface area contributed by atoms with Gasteiger partial charge in [0.25, 0.3) is 11.8 Å². The number of hydrogen-bond acceptors (Lipinski definition) is 5. The first-order valence-electron chi connectivity index (χ1n) is 9.13. The molecule has 0 aliphatic rings. The summed E-state index contributed by atoms with van der Waals surface area (Å²) < 4.78 is 54.9. The van der Waals surface area contributed by atoms with Crippen LogP contribution in [0.3, 0.4) is 0 Å². The zero-order valence-corrected chi connectivity index (χ0v) is 16.6. The summed E-state index contributed by atoms with van der Waals surface area (Å²) in [4.78, 5) is 32.0. The summed E-state index contributed by atoms with van der Waals surface area (Å²) in [7, 11) is 0. The first-order valence-corrected chi connectivity index (χ1v) is 9.13. The number of alkyl halides is 3. The summed E-state index contributed by atoms with van der Waals surface area (Å²) in [6, 6.07) is 3.32. The lowest BCUT2D eigenvalue weighted by atomic mass is 10.1. The van der Waals surface area contributed by atoms with Gasteiger partial charge < -0.3 is 10.1 Å². The molecule has 30 heavy (non-hydrogen) atoms. The van der Waals surface area contributed by atoms with Gasteiger partial charge >= 0.3 is 6.18 Å². The van der Waals surface area contributed by atoms with Gasteiger partial charge in [0.05, 0.1) is 6.04 Å². The number of amides is 1. The number of pyridine rings is 2. The molecular formula is C20H21F4N3O3. The molecule has 1 atom stereocenters. The molecule has 162 valence electrons. The van der Waals surface area contributed by atoms with Crippen LogP contribution in [0.2, 0.25) is 0 Å². The summed E-state index contributed by atoms with van der Waals surface area (Å²) in [5.41, 5.74) is 1.56. The normalized spacial score (nSPS) is 12.4. The highest BCUT2D eigenvalue weighted by atomic mass is 19.4. The van der Waals surface area contributed by atoms with Crippen molar-refractivity contribution in [1.29, 1.82) is 0 Å². The Labute approximate surface area is 170 Å². The van der Waals surface area contributed by atoms with E-state index in [-0.39, 0.29) is 23.3 Å². The Morgan fingerprint density at radius 3 is 2.53 bits per heavy atom. The van der Waals surface area contributed by atoms with Crippen LogP contribution in [0.5, 0.6) is 5.88 Å². The summed E-state index contributed by atoms with van der Waals surface area (Å²) in [6.07, 6.45) is -3.02. The minimum absolute atomic E-state index is 0.0118. The molecule has 0 radical (unpaired) electrons. The number of aromatic nitrogens is 2. The molecule has 10 heteroatoms. The van der Waals surface area contributed by atoms with Crippen molar-refractivity contribution in [2.45, 2.75) is 45.8 Å². The van der Waals surface area contributed by atoms with Crippen LogP contribution in [-0.4, -0.2) is 34.4 Å². The van der Waals surface area contributed by atoms with Crippen LogP contribution in [0.25, 0.3) is 0 Å². The second-order valence-electron chi connectivity index (χ2n) is 6.71. The van der Waals surface area contributed by atoms with Gasteiger partial charge in [-0.15, -0.1) is 0 Å². The molecule has 0 fully saturated rings. The maximum Gasteiger partial charge on any atom is 0.422 e. The van der Waals surface area contributed by atoms with E-state index in [1.54, 1.807) is 26.8 Å². The zero-order valence-electron chi connectivity index (χ0n) is 16.6. The Morgan fingerprint density at radius 2 is 1.93 bits per heavy atom. The second kappa shape index (κ2) is 9.64. The first-order chi connectivity index (χ1) is 14.0. The average molecular weight is 427 g/mol. The van der Waals surface area contributed by atoms with Crippen LogP contribution in [0.15, 0.2) is 24.4 Å². The van der Waals surface area contributed by atoms with Crippen LogP contribution in [0.4, 0.5) is 17.6 Å². The van der Waals surface area contributed by atoms with Gasteiger partial charge in [-0.1, -0.05) is 6.92 Å². The van der Waals surface area contributed by atoms with Gasteiger partial charge in [-0.2, -0.15) is 13.2 Å². The number of nitrogens with one attached hydrogen (secondary N) is 1. The highest BCUT2D eigenvalue weighted by Crippen LogP contribution is 2.22. The first kappa shape index (κ1) is 23.2. The molecule has 1 amide bonds. The van der Waals surface area contributed by atoms with Crippen molar-refractivity contribution in [3.63, 3.8) is 0 Å². The Bertz CT molecular complexity index is 932. The predicted octanol–water partition coefficient (Wildman–Crippen LogP) is 3.88. The Hall–Kier alpha value is -3.04. The molecule has 0 spiro atoms. The van der Waals surface area contributed by atoms with Crippen LogP contribution >= 0.6 is 0 Å². The van der Waals surface area contributed by atoms with Crippen molar-refractivity contribution >= 4 is 11.7 Å². The van der Waals surface area contributed by atoms with E-state index in [1.165, 1.54) is 6.07 Å². The number of rotatable bonds is 8. The smallest absolute Gasteiger partial charge is 0.422 e. The van der Waals surface area contributed by atoms with Crippen molar-refractivity contribution < 1.29 is 31.9 Å². The minimum atomic E-state index is -4.61. The SMILES string of the molecule is CCC(=O)Cc1cc(C(=O)NC(C)c2cnc(OCC(F)(F)F)c(F)c2)cc(C)n1.